The Balaban J connectivity index is 2.10. The Morgan fingerprint density at radius 2 is 2.07 bits per heavy atom. The van der Waals surface area contributed by atoms with Crippen LogP contribution in [0.3, 0.4) is 0 Å². The van der Waals surface area contributed by atoms with Gasteiger partial charge in [-0.15, -0.1) is 4.57 Å². The molecule has 9 nitrogen and oxygen atoms in total. The SMILES string of the molecule is CCC[n+]1cc2n(c1)C(=O)N(CCNC(=O)OC(C)(C)C)[C@H](C(=O)OC)C2. The molecule has 1 aliphatic rings. The predicted octanol–water partition coefficient (Wildman–Crippen LogP) is 1.08. The summed E-state index contributed by atoms with van der Waals surface area (Å²) in [5.74, 6) is -0.477. The van der Waals surface area contributed by atoms with E-state index in [2.05, 4.69) is 12.2 Å². The maximum Gasteiger partial charge on any atom is 0.416 e. The summed E-state index contributed by atoms with van der Waals surface area (Å²) in [5, 5.41) is 2.61. The highest BCUT2D eigenvalue weighted by Gasteiger charge is 2.41. The van der Waals surface area contributed by atoms with E-state index in [1.54, 1.807) is 31.7 Å². The highest BCUT2D eigenvalue weighted by Crippen LogP contribution is 2.18. The molecule has 2 amide bonds. The monoisotopic (exact) mass is 381 g/mol. The zero-order chi connectivity index (χ0) is 20.2. The molecule has 0 spiro atoms. The van der Waals surface area contributed by atoms with Crippen LogP contribution >= 0.6 is 0 Å². The molecule has 1 aliphatic heterocycles. The lowest BCUT2D eigenvalue weighted by atomic mass is 10.1. The first-order valence-electron chi connectivity index (χ1n) is 9.12. The highest BCUT2D eigenvalue weighted by molar-refractivity contribution is 5.87. The number of nitrogens with zero attached hydrogens (tertiary/aromatic N) is 3. The van der Waals surface area contributed by atoms with Crippen LogP contribution in [0, 0.1) is 0 Å². The molecule has 0 unspecified atom stereocenters. The Kier molecular flexibility index (Phi) is 6.45. The number of aryl methyl sites for hydroxylation is 1. The molecule has 150 valence electrons. The first-order chi connectivity index (χ1) is 12.7. The molecule has 0 aromatic carbocycles. The molecule has 2 rings (SSSR count). The van der Waals surface area contributed by atoms with Crippen LogP contribution in [0.5, 0.6) is 0 Å². The van der Waals surface area contributed by atoms with Gasteiger partial charge in [0.1, 0.15) is 17.8 Å². The molecule has 0 fully saturated rings. The molecule has 1 aromatic rings. The summed E-state index contributed by atoms with van der Waals surface area (Å²) in [6.07, 6.45) is 4.36. The summed E-state index contributed by atoms with van der Waals surface area (Å²) in [6, 6.07) is -1.03. The van der Waals surface area contributed by atoms with E-state index in [1.165, 1.54) is 12.0 Å². The lowest BCUT2D eigenvalue weighted by molar-refractivity contribution is -0.696. The van der Waals surface area contributed by atoms with Crippen molar-refractivity contribution in [1.29, 1.82) is 0 Å². The molecular weight excluding hydrogens is 352 g/mol. The Morgan fingerprint density at radius 3 is 2.67 bits per heavy atom. The van der Waals surface area contributed by atoms with Crippen LogP contribution in [0.25, 0.3) is 0 Å². The zero-order valence-corrected chi connectivity index (χ0v) is 16.7. The number of ether oxygens (including phenoxy) is 2. The topological polar surface area (TPSA) is 93.8 Å². The van der Waals surface area contributed by atoms with Gasteiger partial charge in [-0.05, 0) is 27.2 Å². The summed E-state index contributed by atoms with van der Waals surface area (Å²) in [4.78, 5) is 38.3. The third kappa shape index (κ3) is 5.21. The first-order valence-corrected chi connectivity index (χ1v) is 9.12. The van der Waals surface area contributed by atoms with Crippen molar-refractivity contribution in [3.05, 3.63) is 18.2 Å². The zero-order valence-electron chi connectivity index (χ0n) is 16.7. The largest absolute Gasteiger partial charge is 0.467 e. The van der Waals surface area contributed by atoms with Crippen molar-refractivity contribution in [1.82, 2.24) is 14.8 Å². The number of alkyl carbamates (subject to hydrolysis) is 1. The van der Waals surface area contributed by atoms with Gasteiger partial charge in [-0.25, -0.2) is 19.0 Å². The maximum atomic E-state index is 12.9. The number of rotatable bonds is 6. The molecule has 1 aromatic heterocycles. The molecule has 1 N–H and O–H groups in total. The van der Waals surface area contributed by atoms with Gasteiger partial charge in [-0.3, -0.25) is 4.90 Å². The number of fused-ring (bicyclic) bond motifs is 1. The summed E-state index contributed by atoms with van der Waals surface area (Å²) in [6.45, 7) is 8.49. The molecule has 9 heteroatoms. The molecule has 0 radical (unpaired) electrons. The normalized spacial score (nSPS) is 16.7. The van der Waals surface area contributed by atoms with Gasteiger partial charge < -0.3 is 14.8 Å². The van der Waals surface area contributed by atoms with Gasteiger partial charge in [0.25, 0.3) is 6.33 Å². The van der Waals surface area contributed by atoms with Crippen LogP contribution in [-0.4, -0.2) is 59.4 Å². The van der Waals surface area contributed by atoms with Crippen molar-refractivity contribution >= 4 is 18.1 Å². The number of esters is 1. The summed E-state index contributed by atoms with van der Waals surface area (Å²) in [7, 11) is 1.30. The number of hydrogen-bond acceptors (Lipinski definition) is 5. The standard InChI is InChI=1S/C18H28N4O5/c1-6-8-20-11-13-10-14(15(23)26-5)21(17(25)22(13)12-20)9-7-19-16(24)27-18(2,3)4/h11-12,14H,6-10H2,1-5H3/p+1/t14-/m0/s1. The molecule has 1 atom stereocenters. The summed E-state index contributed by atoms with van der Waals surface area (Å²) >= 11 is 0. The Bertz CT molecular complexity index is 707. The van der Waals surface area contributed by atoms with Gasteiger partial charge in [-0.2, -0.15) is 0 Å². The van der Waals surface area contributed by atoms with Crippen LogP contribution in [0.2, 0.25) is 0 Å². The third-order valence-electron chi connectivity index (χ3n) is 4.09. The van der Waals surface area contributed by atoms with Crippen LogP contribution in [0.4, 0.5) is 9.59 Å². The molecule has 27 heavy (non-hydrogen) atoms. The van der Waals surface area contributed by atoms with E-state index < -0.39 is 23.7 Å². The molecule has 0 saturated heterocycles. The van der Waals surface area contributed by atoms with Gasteiger partial charge in [0.05, 0.1) is 13.7 Å². The van der Waals surface area contributed by atoms with Gasteiger partial charge in [0.15, 0.2) is 5.69 Å². The van der Waals surface area contributed by atoms with E-state index in [0.717, 1.165) is 18.7 Å². The number of carbonyl (C=O) groups excluding carboxylic acids is 3. The summed E-state index contributed by atoms with van der Waals surface area (Å²) < 4.78 is 13.5. The fourth-order valence-corrected chi connectivity index (χ4v) is 2.98. The number of nitrogens with one attached hydrogen (secondary N) is 1. The molecular formula is C18H29N4O5+. The predicted molar refractivity (Wildman–Crippen MR) is 96.2 cm³/mol. The Labute approximate surface area is 159 Å². The number of methoxy groups -OCH3 is 1. The van der Waals surface area contributed by atoms with Crippen LogP contribution in [0.15, 0.2) is 12.5 Å². The number of aromatic nitrogens is 2. The van der Waals surface area contributed by atoms with E-state index in [0.29, 0.717) is 6.42 Å². The third-order valence-corrected chi connectivity index (χ3v) is 4.09. The first kappa shape index (κ1) is 20.7. The lowest BCUT2D eigenvalue weighted by Crippen LogP contribution is -2.54. The molecule has 0 aliphatic carbocycles. The molecule has 0 bridgehead atoms. The quantitative estimate of drug-likeness (QED) is 0.588. The van der Waals surface area contributed by atoms with E-state index in [1.807, 2.05) is 10.8 Å². The van der Waals surface area contributed by atoms with Crippen molar-refractivity contribution in [3.8, 4) is 0 Å². The number of imidazole rings is 1. The van der Waals surface area contributed by atoms with Crippen molar-refractivity contribution in [3.63, 3.8) is 0 Å². The van der Waals surface area contributed by atoms with E-state index in [4.69, 9.17) is 9.47 Å². The average Bonchev–Trinajstić information content (AvgIpc) is 2.97. The molecule has 0 saturated carbocycles. The van der Waals surface area contributed by atoms with Gasteiger partial charge in [0.2, 0.25) is 0 Å². The second kappa shape index (κ2) is 8.41. The minimum atomic E-state index is -0.722. The van der Waals surface area contributed by atoms with Crippen molar-refractivity contribution in [2.24, 2.45) is 0 Å². The number of hydrogen-bond donors (Lipinski definition) is 1. The van der Waals surface area contributed by atoms with E-state index in [-0.39, 0.29) is 19.1 Å². The van der Waals surface area contributed by atoms with Crippen molar-refractivity contribution in [2.45, 2.75) is 58.7 Å². The average molecular weight is 381 g/mol. The number of carbonyl (C=O) groups is 3. The number of amides is 2. The molecule has 2 heterocycles. The lowest BCUT2D eigenvalue weighted by Gasteiger charge is -2.31. The van der Waals surface area contributed by atoms with Crippen molar-refractivity contribution in [2.75, 3.05) is 20.2 Å². The van der Waals surface area contributed by atoms with Crippen LogP contribution in [0.1, 0.15) is 39.8 Å². The second-order valence-corrected chi connectivity index (χ2v) is 7.49. The fourth-order valence-electron chi connectivity index (χ4n) is 2.98. The highest BCUT2D eigenvalue weighted by atomic mass is 16.6. The fraction of sp³-hybridized carbons (Fsp3) is 0.667. The van der Waals surface area contributed by atoms with Crippen LogP contribution in [-0.2, 0) is 27.2 Å². The van der Waals surface area contributed by atoms with Crippen molar-refractivity contribution < 1.29 is 28.4 Å². The summed E-state index contributed by atoms with van der Waals surface area (Å²) in [5.41, 5.74) is 0.159. The minimum absolute atomic E-state index is 0.166. The van der Waals surface area contributed by atoms with Gasteiger partial charge in [-0.1, -0.05) is 6.92 Å². The van der Waals surface area contributed by atoms with Gasteiger partial charge in [0, 0.05) is 19.5 Å². The second-order valence-electron chi connectivity index (χ2n) is 7.49. The van der Waals surface area contributed by atoms with E-state index >= 15 is 0 Å². The smallest absolute Gasteiger partial charge is 0.416 e. The minimum Gasteiger partial charge on any atom is -0.467 e. The van der Waals surface area contributed by atoms with Crippen LogP contribution < -0.4 is 9.88 Å². The van der Waals surface area contributed by atoms with Gasteiger partial charge >= 0.3 is 18.1 Å². The Morgan fingerprint density at radius 1 is 1.37 bits per heavy atom. The Hall–Kier alpha value is -2.58. The maximum absolute atomic E-state index is 12.9. The van der Waals surface area contributed by atoms with E-state index in [9.17, 15) is 14.4 Å².